The van der Waals surface area contributed by atoms with Crippen molar-refractivity contribution < 1.29 is 23.9 Å². The maximum atomic E-state index is 12.9. The number of hydrogen-bond donors (Lipinski definition) is 0. The van der Waals surface area contributed by atoms with E-state index in [9.17, 15) is 14.4 Å². The van der Waals surface area contributed by atoms with Crippen LogP contribution in [0.2, 0.25) is 10.0 Å². The Hall–Kier alpha value is -2.37. The maximum absolute atomic E-state index is 12.9. The fraction of sp³-hybridized carbons (Fsp3) is 0.400. The molecule has 0 N–H and O–H groups in total. The lowest BCUT2D eigenvalue weighted by Gasteiger charge is -2.34. The molecule has 1 aliphatic carbocycles. The molecule has 2 aliphatic rings. The molecule has 0 saturated carbocycles. The van der Waals surface area contributed by atoms with Crippen molar-refractivity contribution in [3.8, 4) is 0 Å². The van der Waals surface area contributed by atoms with Crippen LogP contribution in [0.4, 0.5) is 0 Å². The Morgan fingerprint density at radius 3 is 2.53 bits per heavy atom. The molecular weight excluding hydrogens is 451 g/mol. The van der Waals surface area contributed by atoms with E-state index in [0.717, 1.165) is 18.4 Å². The molecule has 1 unspecified atom stereocenters. The first-order chi connectivity index (χ1) is 15.1. The minimum atomic E-state index is -1.08. The molecule has 32 heavy (non-hydrogen) atoms. The largest absolute Gasteiger partial charge is 0.457 e. The SMILES string of the molecule is CC(C)=CCC/C(C)=C/[C@H]1OC(=O)CC12C[C@H](OC(=O)c1cc(Cl)cc(Cl)c1)C=CC2=O. The van der Waals surface area contributed by atoms with E-state index in [2.05, 4.69) is 6.08 Å². The van der Waals surface area contributed by atoms with Crippen LogP contribution in [-0.2, 0) is 19.1 Å². The molecule has 5 nitrogen and oxygen atoms in total. The topological polar surface area (TPSA) is 69.7 Å². The van der Waals surface area contributed by atoms with Crippen LogP contribution in [0.1, 0.15) is 56.8 Å². The van der Waals surface area contributed by atoms with Gasteiger partial charge in [0, 0.05) is 16.5 Å². The van der Waals surface area contributed by atoms with Crippen molar-refractivity contribution >= 4 is 40.9 Å². The van der Waals surface area contributed by atoms with Crippen LogP contribution >= 0.6 is 23.2 Å². The molecule has 0 amide bonds. The van der Waals surface area contributed by atoms with Gasteiger partial charge in [-0.2, -0.15) is 0 Å². The molecule has 1 saturated heterocycles. The maximum Gasteiger partial charge on any atom is 0.338 e. The van der Waals surface area contributed by atoms with Crippen molar-refractivity contribution in [3.05, 3.63) is 69.3 Å². The normalized spacial score (nSPS) is 25.1. The summed E-state index contributed by atoms with van der Waals surface area (Å²) in [5, 5.41) is 0.637. The highest BCUT2D eigenvalue weighted by Crippen LogP contribution is 2.45. The van der Waals surface area contributed by atoms with Crippen LogP contribution < -0.4 is 0 Å². The minimum Gasteiger partial charge on any atom is -0.457 e. The molecule has 1 aromatic rings. The molecule has 3 rings (SSSR count). The predicted molar refractivity (Wildman–Crippen MR) is 124 cm³/mol. The number of carbonyl (C=O) groups excluding carboxylic acids is 3. The van der Waals surface area contributed by atoms with Gasteiger partial charge in [0.15, 0.2) is 5.78 Å². The first-order valence-corrected chi connectivity index (χ1v) is 11.2. The van der Waals surface area contributed by atoms with Gasteiger partial charge in [-0.1, -0.05) is 40.4 Å². The molecule has 3 atom stereocenters. The quantitative estimate of drug-likeness (QED) is 0.369. The van der Waals surface area contributed by atoms with Crippen molar-refractivity contribution in [2.45, 2.75) is 58.7 Å². The Labute approximate surface area is 198 Å². The van der Waals surface area contributed by atoms with Gasteiger partial charge in [-0.3, -0.25) is 9.59 Å². The third kappa shape index (κ3) is 5.70. The Balaban J connectivity index is 1.78. The summed E-state index contributed by atoms with van der Waals surface area (Å²) in [5.74, 6) is -1.23. The zero-order valence-corrected chi connectivity index (χ0v) is 19.8. The number of carbonyl (C=O) groups is 3. The first kappa shape index (κ1) is 24.3. The van der Waals surface area contributed by atoms with E-state index in [1.165, 1.54) is 29.8 Å². The number of allylic oxidation sites excluding steroid dienone is 4. The molecule has 0 radical (unpaired) electrons. The molecule has 0 aromatic heterocycles. The first-order valence-electron chi connectivity index (χ1n) is 10.5. The summed E-state index contributed by atoms with van der Waals surface area (Å²) in [6.07, 6.45) is 7.33. The highest BCUT2D eigenvalue weighted by molar-refractivity contribution is 6.35. The number of halogens is 2. The summed E-state index contributed by atoms with van der Waals surface area (Å²) >= 11 is 12.0. The van der Waals surface area contributed by atoms with Crippen LogP contribution in [0.5, 0.6) is 0 Å². The summed E-state index contributed by atoms with van der Waals surface area (Å²) in [5.41, 5.74) is 1.40. The van der Waals surface area contributed by atoms with E-state index in [1.807, 2.05) is 26.8 Å². The Morgan fingerprint density at radius 1 is 1.19 bits per heavy atom. The summed E-state index contributed by atoms with van der Waals surface area (Å²) < 4.78 is 11.1. The van der Waals surface area contributed by atoms with Crippen molar-refractivity contribution in [1.29, 1.82) is 0 Å². The molecule has 170 valence electrons. The summed E-state index contributed by atoms with van der Waals surface area (Å²) in [6, 6.07) is 4.45. The molecular formula is C25H26Cl2O5. The third-order valence-electron chi connectivity index (χ3n) is 5.67. The Kier molecular flexibility index (Phi) is 7.63. The fourth-order valence-corrected chi connectivity index (χ4v) is 4.57. The van der Waals surface area contributed by atoms with E-state index in [0.29, 0.717) is 10.0 Å². The molecule has 1 heterocycles. The lowest BCUT2D eigenvalue weighted by Crippen LogP contribution is -2.43. The van der Waals surface area contributed by atoms with Gasteiger partial charge >= 0.3 is 11.9 Å². The highest BCUT2D eigenvalue weighted by atomic mass is 35.5. The van der Waals surface area contributed by atoms with Gasteiger partial charge in [-0.15, -0.1) is 0 Å². The van der Waals surface area contributed by atoms with Gasteiger partial charge in [-0.05, 0) is 70.0 Å². The number of cyclic esters (lactones) is 1. The zero-order chi connectivity index (χ0) is 23.5. The lowest BCUT2D eigenvalue weighted by molar-refractivity contribution is -0.140. The summed E-state index contributed by atoms with van der Waals surface area (Å²) in [6.45, 7) is 6.04. The highest BCUT2D eigenvalue weighted by Gasteiger charge is 2.55. The summed E-state index contributed by atoms with van der Waals surface area (Å²) in [7, 11) is 0. The zero-order valence-electron chi connectivity index (χ0n) is 18.3. The van der Waals surface area contributed by atoms with E-state index >= 15 is 0 Å². The van der Waals surface area contributed by atoms with Gasteiger partial charge in [0.25, 0.3) is 0 Å². The predicted octanol–water partition coefficient (Wildman–Crippen LogP) is 6.04. The molecule has 1 spiro atoms. The molecule has 1 fully saturated rings. The number of ether oxygens (including phenoxy) is 2. The second-order valence-corrected chi connectivity index (χ2v) is 9.48. The monoisotopic (exact) mass is 476 g/mol. The van der Waals surface area contributed by atoms with Gasteiger partial charge in [-0.25, -0.2) is 4.79 Å². The van der Waals surface area contributed by atoms with Gasteiger partial charge < -0.3 is 9.47 Å². The second-order valence-electron chi connectivity index (χ2n) is 8.61. The van der Waals surface area contributed by atoms with E-state index in [-0.39, 0.29) is 24.2 Å². The Bertz CT molecular complexity index is 999. The molecule has 7 heteroatoms. The van der Waals surface area contributed by atoms with E-state index in [4.69, 9.17) is 32.7 Å². The van der Waals surface area contributed by atoms with Gasteiger partial charge in [0.2, 0.25) is 0 Å². The lowest BCUT2D eigenvalue weighted by atomic mass is 9.69. The van der Waals surface area contributed by atoms with Crippen LogP contribution in [0.25, 0.3) is 0 Å². The van der Waals surface area contributed by atoms with E-state index in [1.54, 1.807) is 6.08 Å². The molecule has 1 aliphatic heterocycles. The second kappa shape index (κ2) is 10.1. The smallest absolute Gasteiger partial charge is 0.338 e. The van der Waals surface area contributed by atoms with Crippen molar-refractivity contribution in [2.75, 3.05) is 0 Å². The average molecular weight is 477 g/mol. The van der Waals surface area contributed by atoms with Crippen molar-refractivity contribution in [1.82, 2.24) is 0 Å². The third-order valence-corrected chi connectivity index (χ3v) is 6.10. The van der Waals surface area contributed by atoms with Gasteiger partial charge in [0.1, 0.15) is 12.2 Å². The fourth-order valence-electron chi connectivity index (χ4n) is 4.04. The average Bonchev–Trinajstić information content (AvgIpc) is 2.99. The van der Waals surface area contributed by atoms with Crippen LogP contribution in [0.3, 0.4) is 0 Å². The Morgan fingerprint density at radius 2 is 1.88 bits per heavy atom. The van der Waals surface area contributed by atoms with Crippen molar-refractivity contribution in [2.24, 2.45) is 5.41 Å². The minimum absolute atomic E-state index is 0.0460. The van der Waals surface area contributed by atoms with Crippen LogP contribution in [0, 0.1) is 5.41 Å². The molecule has 1 aromatic carbocycles. The molecule has 0 bridgehead atoms. The number of benzene rings is 1. The summed E-state index contributed by atoms with van der Waals surface area (Å²) in [4.78, 5) is 37.7. The number of hydrogen-bond acceptors (Lipinski definition) is 5. The number of ketones is 1. The van der Waals surface area contributed by atoms with Crippen molar-refractivity contribution in [3.63, 3.8) is 0 Å². The van der Waals surface area contributed by atoms with Crippen LogP contribution in [-0.4, -0.2) is 29.9 Å². The standard InChI is InChI=1S/C25H26Cl2O5/c1-15(2)5-4-6-16(3)9-22-25(14-23(29)32-22)13-20(7-8-21(25)28)31-24(30)17-10-18(26)12-19(27)11-17/h5,7-12,20,22H,4,6,13-14H2,1-3H3/b16-9+/t20-,22-,25?/m1/s1. The van der Waals surface area contributed by atoms with E-state index < -0.39 is 29.6 Å². The van der Waals surface area contributed by atoms with Gasteiger partial charge in [0.05, 0.1) is 17.4 Å². The number of rotatable bonds is 6. The number of esters is 2. The van der Waals surface area contributed by atoms with Crippen LogP contribution in [0.15, 0.2) is 53.6 Å².